The molecule has 1 saturated carbocycles. The van der Waals surface area contributed by atoms with Crippen LogP contribution < -0.4 is 11.1 Å². The van der Waals surface area contributed by atoms with Crippen LogP contribution in [0.1, 0.15) is 38.2 Å². The predicted molar refractivity (Wildman–Crippen MR) is 96.0 cm³/mol. The van der Waals surface area contributed by atoms with Crippen LogP contribution in [0.2, 0.25) is 0 Å². The zero-order valence-corrected chi connectivity index (χ0v) is 14.5. The molecule has 1 atom stereocenters. The summed E-state index contributed by atoms with van der Waals surface area (Å²) in [4.78, 5) is 28.2. The Labute approximate surface area is 147 Å². The van der Waals surface area contributed by atoms with E-state index in [2.05, 4.69) is 10.3 Å². The van der Waals surface area contributed by atoms with Crippen molar-refractivity contribution >= 4 is 22.8 Å². The summed E-state index contributed by atoms with van der Waals surface area (Å²) < 4.78 is 5.16. The lowest BCUT2D eigenvalue weighted by Gasteiger charge is -2.25. The number of hydrogen-bond donors (Lipinski definition) is 3. The number of aromatic nitrogens is 1. The number of benzene rings is 1. The van der Waals surface area contributed by atoms with Crippen LogP contribution in [0.15, 0.2) is 30.5 Å². The van der Waals surface area contributed by atoms with Crippen LogP contribution >= 0.6 is 0 Å². The average Bonchev–Trinajstić information content (AvgIpc) is 3.22. The van der Waals surface area contributed by atoms with Gasteiger partial charge in [0.25, 0.3) is 0 Å². The summed E-state index contributed by atoms with van der Waals surface area (Å²) in [5, 5.41) is 3.87. The second-order valence-electron chi connectivity index (χ2n) is 6.70. The number of rotatable bonds is 6. The molecule has 4 N–H and O–H groups in total. The van der Waals surface area contributed by atoms with Gasteiger partial charge in [-0.15, -0.1) is 0 Å². The summed E-state index contributed by atoms with van der Waals surface area (Å²) in [7, 11) is 0. The van der Waals surface area contributed by atoms with Crippen molar-refractivity contribution in [3.8, 4) is 0 Å². The van der Waals surface area contributed by atoms with Gasteiger partial charge in [-0.25, -0.2) is 4.79 Å². The molecule has 6 heteroatoms. The molecule has 0 saturated heterocycles. The molecular weight excluding hydrogens is 318 g/mol. The van der Waals surface area contributed by atoms with E-state index >= 15 is 0 Å². The van der Waals surface area contributed by atoms with Gasteiger partial charge in [0.15, 0.2) is 0 Å². The first-order chi connectivity index (χ1) is 12.0. The van der Waals surface area contributed by atoms with Gasteiger partial charge in [-0.3, -0.25) is 4.79 Å². The number of amides is 1. The molecule has 1 aliphatic rings. The number of hydrogen-bond acceptors (Lipinski definition) is 4. The van der Waals surface area contributed by atoms with Gasteiger partial charge in [0.2, 0.25) is 5.91 Å². The summed E-state index contributed by atoms with van der Waals surface area (Å²) in [6.45, 7) is 2.02. The van der Waals surface area contributed by atoms with Crippen LogP contribution in [0.3, 0.4) is 0 Å². The van der Waals surface area contributed by atoms with E-state index in [4.69, 9.17) is 10.5 Å². The monoisotopic (exact) mass is 343 g/mol. The minimum absolute atomic E-state index is 0.261. The van der Waals surface area contributed by atoms with E-state index in [1.54, 1.807) is 6.92 Å². The van der Waals surface area contributed by atoms with Crippen LogP contribution in [0.5, 0.6) is 0 Å². The standard InChI is InChI=1S/C19H25N3O3/c1-2-25-17(23)16(22-18(24)19(20)9-5-6-10-19)11-13-12-21-15-8-4-3-7-14(13)15/h3-4,7-8,12,16,21H,2,5-6,9-11,20H2,1H3,(H,22,24)/t16-/m0/s1. The van der Waals surface area contributed by atoms with Crippen molar-refractivity contribution in [2.45, 2.75) is 50.6 Å². The third kappa shape index (κ3) is 3.69. The summed E-state index contributed by atoms with van der Waals surface area (Å²) in [6, 6.07) is 7.13. The molecule has 3 rings (SSSR count). The Morgan fingerprint density at radius 2 is 2.04 bits per heavy atom. The van der Waals surface area contributed by atoms with Crippen molar-refractivity contribution in [2.24, 2.45) is 5.73 Å². The number of nitrogens with one attached hydrogen (secondary N) is 2. The molecule has 0 aliphatic heterocycles. The number of fused-ring (bicyclic) bond motifs is 1. The Balaban J connectivity index is 1.80. The largest absolute Gasteiger partial charge is 0.464 e. The molecule has 1 fully saturated rings. The van der Waals surface area contributed by atoms with Crippen LogP contribution in [0.25, 0.3) is 10.9 Å². The number of carbonyl (C=O) groups excluding carboxylic acids is 2. The highest BCUT2D eigenvalue weighted by Gasteiger charge is 2.39. The molecule has 25 heavy (non-hydrogen) atoms. The van der Waals surface area contributed by atoms with Crippen LogP contribution in [-0.2, 0) is 20.7 Å². The van der Waals surface area contributed by atoms with Crippen molar-refractivity contribution < 1.29 is 14.3 Å². The van der Waals surface area contributed by atoms with E-state index in [-0.39, 0.29) is 12.5 Å². The maximum Gasteiger partial charge on any atom is 0.328 e. The van der Waals surface area contributed by atoms with E-state index in [1.807, 2.05) is 30.5 Å². The van der Waals surface area contributed by atoms with Crippen molar-refractivity contribution in [1.82, 2.24) is 10.3 Å². The van der Waals surface area contributed by atoms with Gasteiger partial charge in [-0.2, -0.15) is 0 Å². The van der Waals surface area contributed by atoms with E-state index in [9.17, 15) is 9.59 Å². The fourth-order valence-electron chi connectivity index (χ4n) is 3.49. The number of aromatic amines is 1. The zero-order chi connectivity index (χ0) is 17.9. The van der Waals surface area contributed by atoms with Gasteiger partial charge in [0, 0.05) is 23.5 Å². The molecule has 1 heterocycles. The first-order valence-electron chi connectivity index (χ1n) is 8.85. The fourth-order valence-corrected chi connectivity index (χ4v) is 3.49. The predicted octanol–water partition coefficient (Wildman–Crippen LogP) is 2.03. The van der Waals surface area contributed by atoms with Gasteiger partial charge in [0.1, 0.15) is 6.04 Å². The number of H-pyrrole nitrogens is 1. The van der Waals surface area contributed by atoms with E-state index in [0.29, 0.717) is 19.3 Å². The lowest BCUT2D eigenvalue weighted by molar-refractivity contribution is -0.148. The van der Waals surface area contributed by atoms with Crippen LogP contribution in [0, 0.1) is 0 Å². The van der Waals surface area contributed by atoms with E-state index in [1.165, 1.54) is 0 Å². The van der Waals surface area contributed by atoms with Gasteiger partial charge in [-0.05, 0) is 31.4 Å². The molecule has 0 bridgehead atoms. The van der Waals surface area contributed by atoms with Crippen LogP contribution in [0.4, 0.5) is 0 Å². The van der Waals surface area contributed by atoms with Crippen LogP contribution in [-0.4, -0.2) is 35.0 Å². The number of nitrogens with two attached hydrogens (primary N) is 1. The molecule has 1 aromatic carbocycles. The Bertz CT molecular complexity index is 762. The minimum Gasteiger partial charge on any atom is -0.464 e. The number of para-hydroxylation sites is 1. The number of carbonyl (C=O) groups is 2. The molecule has 2 aromatic rings. The smallest absolute Gasteiger partial charge is 0.328 e. The Kier molecular flexibility index (Phi) is 5.08. The van der Waals surface area contributed by atoms with Crippen molar-refractivity contribution in [1.29, 1.82) is 0 Å². The normalized spacial score (nSPS) is 17.4. The first kappa shape index (κ1) is 17.5. The van der Waals surface area contributed by atoms with Crippen molar-refractivity contribution in [3.63, 3.8) is 0 Å². The van der Waals surface area contributed by atoms with Crippen molar-refractivity contribution in [2.75, 3.05) is 6.61 Å². The molecule has 134 valence electrons. The summed E-state index contributed by atoms with van der Waals surface area (Å²) in [5.74, 6) is -0.689. The zero-order valence-electron chi connectivity index (χ0n) is 14.5. The quantitative estimate of drug-likeness (QED) is 0.699. The second kappa shape index (κ2) is 7.27. The molecule has 0 radical (unpaired) electrons. The lowest BCUT2D eigenvalue weighted by Crippen LogP contribution is -2.56. The Morgan fingerprint density at radius 1 is 1.32 bits per heavy atom. The molecular formula is C19H25N3O3. The molecule has 1 aromatic heterocycles. The third-order valence-electron chi connectivity index (χ3n) is 4.92. The maximum atomic E-state index is 12.6. The Morgan fingerprint density at radius 3 is 2.76 bits per heavy atom. The number of esters is 1. The van der Waals surface area contributed by atoms with E-state index < -0.39 is 17.6 Å². The molecule has 1 amide bonds. The average molecular weight is 343 g/mol. The second-order valence-corrected chi connectivity index (χ2v) is 6.70. The van der Waals surface area contributed by atoms with Gasteiger partial charge >= 0.3 is 5.97 Å². The van der Waals surface area contributed by atoms with Gasteiger partial charge in [0.05, 0.1) is 12.1 Å². The highest BCUT2D eigenvalue weighted by Crippen LogP contribution is 2.27. The first-order valence-corrected chi connectivity index (χ1v) is 8.85. The van der Waals surface area contributed by atoms with Crippen molar-refractivity contribution in [3.05, 3.63) is 36.0 Å². The van der Waals surface area contributed by atoms with E-state index in [0.717, 1.165) is 29.3 Å². The molecule has 0 spiro atoms. The SMILES string of the molecule is CCOC(=O)[C@H](Cc1c[nH]c2ccccc12)NC(=O)C1(N)CCCC1. The summed E-state index contributed by atoms with van der Waals surface area (Å²) in [5.41, 5.74) is 7.31. The number of ether oxygens (including phenoxy) is 1. The minimum atomic E-state index is -0.870. The van der Waals surface area contributed by atoms with Gasteiger partial charge < -0.3 is 20.8 Å². The molecule has 1 aliphatic carbocycles. The molecule has 0 unspecified atom stereocenters. The fraction of sp³-hybridized carbons (Fsp3) is 0.474. The maximum absolute atomic E-state index is 12.6. The third-order valence-corrected chi connectivity index (χ3v) is 4.92. The van der Waals surface area contributed by atoms with Gasteiger partial charge in [-0.1, -0.05) is 31.0 Å². The summed E-state index contributed by atoms with van der Waals surface area (Å²) >= 11 is 0. The Hall–Kier alpha value is -2.34. The topological polar surface area (TPSA) is 97.2 Å². The highest BCUT2D eigenvalue weighted by molar-refractivity contribution is 5.91. The highest BCUT2D eigenvalue weighted by atomic mass is 16.5. The lowest BCUT2D eigenvalue weighted by atomic mass is 9.96. The summed E-state index contributed by atoms with van der Waals surface area (Å²) in [6.07, 6.45) is 5.43. The molecule has 6 nitrogen and oxygen atoms in total.